The number of aliphatic hydroxyl groups is 1. The van der Waals surface area contributed by atoms with Crippen molar-refractivity contribution in [2.45, 2.75) is 50.5 Å². The second-order valence-electron chi connectivity index (χ2n) is 5.85. The fourth-order valence-corrected chi connectivity index (χ4v) is 2.84. The molecule has 3 nitrogen and oxygen atoms in total. The number of hydrogen-bond acceptors (Lipinski definition) is 2. The zero-order chi connectivity index (χ0) is 13.4. The molecule has 0 aromatic heterocycles. The molecule has 18 heavy (non-hydrogen) atoms. The van der Waals surface area contributed by atoms with Crippen molar-refractivity contribution in [3.63, 3.8) is 0 Å². The van der Waals surface area contributed by atoms with E-state index in [9.17, 15) is 9.90 Å². The maximum Gasteiger partial charge on any atom is 0.303 e. The maximum atomic E-state index is 10.7. The molecular weight excluding hydrogens is 228 g/mol. The van der Waals surface area contributed by atoms with Crippen LogP contribution >= 0.6 is 0 Å². The third-order valence-corrected chi connectivity index (χ3v) is 4.07. The Morgan fingerprint density at radius 3 is 2.44 bits per heavy atom. The van der Waals surface area contributed by atoms with Crippen molar-refractivity contribution < 1.29 is 15.0 Å². The second-order valence-corrected chi connectivity index (χ2v) is 5.85. The van der Waals surface area contributed by atoms with Gasteiger partial charge in [-0.05, 0) is 35.8 Å². The number of aliphatic carboxylic acids is 1. The van der Waals surface area contributed by atoms with E-state index in [1.807, 2.05) is 24.3 Å². The lowest BCUT2D eigenvalue weighted by Gasteiger charge is -2.42. The van der Waals surface area contributed by atoms with Gasteiger partial charge in [-0.3, -0.25) is 4.79 Å². The second kappa shape index (κ2) is 4.39. The molecule has 0 spiro atoms. The topological polar surface area (TPSA) is 57.5 Å². The molecule has 1 atom stereocenters. The highest BCUT2D eigenvalue weighted by molar-refractivity contribution is 5.66. The van der Waals surface area contributed by atoms with Crippen molar-refractivity contribution >= 4 is 5.97 Å². The molecule has 0 radical (unpaired) electrons. The van der Waals surface area contributed by atoms with Crippen LogP contribution in [0.4, 0.5) is 0 Å². The molecule has 1 unspecified atom stereocenters. The molecule has 0 saturated carbocycles. The summed E-state index contributed by atoms with van der Waals surface area (Å²) in [4.78, 5) is 10.7. The monoisotopic (exact) mass is 248 g/mol. The van der Waals surface area contributed by atoms with E-state index in [4.69, 9.17) is 5.11 Å². The summed E-state index contributed by atoms with van der Waals surface area (Å²) in [7, 11) is 0. The highest BCUT2D eigenvalue weighted by Crippen LogP contribution is 2.46. The summed E-state index contributed by atoms with van der Waals surface area (Å²) in [6.07, 6.45) is 1.80. The molecule has 0 heterocycles. The zero-order valence-corrected chi connectivity index (χ0v) is 10.9. The summed E-state index contributed by atoms with van der Waals surface area (Å²) >= 11 is 0. The first-order chi connectivity index (χ1) is 8.35. The van der Waals surface area contributed by atoms with Crippen LogP contribution in [0, 0.1) is 0 Å². The predicted octanol–water partition coefficient (Wildman–Crippen LogP) is 2.81. The van der Waals surface area contributed by atoms with Crippen LogP contribution in [0.1, 0.15) is 50.7 Å². The molecule has 0 fully saturated rings. The number of benzene rings is 1. The van der Waals surface area contributed by atoms with Crippen molar-refractivity contribution in [1.82, 2.24) is 0 Å². The molecule has 0 bridgehead atoms. The molecule has 98 valence electrons. The number of carboxylic acid groups (broad SMARTS) is 1. The zero-order valence-electron chi connectivity index (χ0n) is 10.9. The van der Waals surface area contributed by atoms with Crippen LogP contribution in [-0.4, -0.2) is 16.2 Å². The van der Waals surface area contributed by atoms with Gasteiger partial charge in [-0.2, -0.15) is 0 Å². The van der Waals surface area contributed by atoms with E-state index < -0.39 is 11.6 Å². The van der Waals surface area contributed by atoms with Gasteiger partial charge in [0.1, 0.15) is 0 Å². The molecule has 2 rings (SSSR count). The fraction of sp³-hybridized carbons (Fsp3) is 0.533. The summed E-state index contributed by atoms with van der Waals surface area (Å²) in [5.74, 6) is -0.856. The van der Waals surface area contributed by atoms with Gasteiger partial charge in [0.15, 0.2) is 0 Å². The molecule has 2 N–H and O–H groups in total. The van der Waals surface area contributed by atoms with E-state index in [2.05, 4.69) is 13.8 Å². The van der Waals surface area contributed by atoms with E-state index in [1.54, 1.807) is 0 Å². The Labute approximate surface area is 107 Å². The summed E-state index contributed by atoms with van der Waals surface area (Å²) in [5, 5.41) is 19.5. The first-order valence-corrected chi connectivity index (χ1v) is 6.39. The fourth-order valence-electron chi connectivity index (χ4n) is 2.84. The Kier molecular flexibility index (Phi) is 3.20. The average Bonchev–Trinajstić information content (AvgIpc) is 2.33. The predicted molar refractivity (Wildman–Crippen MR) is 69.5 cm³/mol. The van der Waals surface area contributed by atoms with Crippen molar-refractivity contribution in [3.8, 4) is 0 Å². The van der Waals surface area contributed by atoms with Gasteiger partial charge in [-0.25, -0.2) is 0 Å². The van der Waals surface area contributed by atoms with Crippen LogP contribution in [0.5, 0.6) is 0 Å². The molecule has 3 heteroatoms. The Morgan fingerprint density at radius 2 is 1.83 bits per heavy atom. The van der Waals surface area contributed by atoms with Gasteiger partial charge in [-0.15, -0.1) is 0 Å². The Hall–Kier alpha value is -1.35. The molecule has 1 aliphatic carbocycles. The number of rotatable bonds is 3. The van der Waals surface area contributed by atoms with Crippen molar-refractivity contribution in [3.05, 3.63) is 35.4 Å². The van der Waals surface area contributed by atoms with Gasteiger partial charge in [-0.1, -0.05) is 38.1 Å². The van der Waals surface area contributed by atoms with Gasteiger partial charge in [0.2, 0.25) is 0 Å². The molecular formula is C15H20O3. The van der Waals surface area contributed by atoms with Gasteiger partial charge in [0.05, 0.1) is 5.60 Å². The summed E-state index contributed by atoms with van der Waals surface area (Å²) in [5.41, 5.74) is 1.11. The van der Waals surface area contributed by atoms with Crippen LogP contribution in [0.3, 0.4) is 0 Å². The minimum absolute atomic E-state index is 0.00522. The lowest BCUT2D eigenvalue weighted by atomic mass is 9.66. The lowest BCUT2D eigenvalue weighted by molar-refractivity contribution is -0.138. The minimum Gasteiger partial charge on any atom is -0.481 e. The van der Waals surface area contributed by atoms with Crippen LogP contribution in [0.25, 0.3) is 0 Å². The standard InChI is InChI=1S/C15H20O3/c1-14(2)9-10-15(18,8-7-13(16)17)12-6-4-3-5-11(12)14/h3-6,18H,7-10H2,1-2H3,(H,16,17). The summed E-state index contributed by atoms with van der Waals surface area (Å²) < 4.78 is 0. The van der Waals surface area contributed by atoms with Crippen LogP contribution in [-0.2, 0) is 15.8 Å². The van der Waals surface area contributed by atoms with E-state index in [1.165, 1.54) is 0 Å². The molecule has 1 aliphatic rings. The quantitative estimate of drug-likeness (QED) is 0.864. The molecule has 1 aromatic carbocycles. The van der Waals surface area contributed by atoms with E-state index in [0.717, 1.165) is 17.5 Å². The first-order valence-electron chi connectivity index (χ1n) is 6.39. The number of hydrogen-bond donors (Lipinski definition) is 2. The van der Waals surface area contributed by atoms with E-state index in [-0.39, 0.29) is 18.3 Å². The first kappa shape index (κ1) is 13.1. The summed E-state index contributed by atoms with van der Waals surface area (Å²) in [6.45, 7) is 4.34. The molecule has 0 amide bonds. The summed E-state index contributed by atoms with van der Waals surface area (Å²) in [6, 6.07) is 7.85. The van der Waals surface area contributed by atoms with Gasteiger partial charge in [0.25, 0.3) is 0 Å². The number of carbonyl (C=O) groups is 1. The Balaban J connectivity index is 2.38. The van der Waals surface area contributed by atoms with Gasteiger partial charge >= 0.3 is 5.97 Å². The van der Waals surface area contributed by atoms with Crippen LogP contribution < -0.4 is 0 Å². The van der Waals surface area contributed by atoms with Crippen molar-refractivity contribution in [2.75, 3.05) is 0 Å². The van der Waals surface area contributed by atoms with Crippen molar-refractivity contribution in [2.24, 2.45) is 0 Å². The normalized spacial score (nSPS) is 25.5. The van der Waals surface area contributed by atoms with Crippen LogP contribution in [0.2, 0.25) is 0 Å². The average molecular weight is 248 g/mol. The number of carboxylic acids is 1. The Bertz CT molecular complexity index is 465. The van der Waals surface area contributed by atoms with Crippen molar-refractivity contribution in [1.29, 1.82) is 0 Å². The third kappa shape index (κ3) is 2.27. The highest BCUT2D eigenvalue weighted by Gasteiger charge is 2.41. The lowest BCUT2D eigenvalue weighted by Crippen LogP contribution is -2.38. The molecule has 0 aliphatic heterocycles. The largest absolute Gasteiger partial charge is 0.481 e. The molecule has 0 saturated heterocycles. The van der Waals surface area contributed by atoms with Gasteiger partial charge in [0, 0.05) is 6.42 Å². The van der Waals surface area contributed by atoms with E-state index >= 15 is 0 Å². The maximum absolute atomic E-state index is 10.7. The third-order valence-electron chi connectivity index (χ3n) is 4.07. The van der Waals surface area contributed by atoms with Crippen LogP contribution in [0.15, 0.2) is 24.3 Å². The Morgan fingerprint density at radius 1 is 1.22 bits per heavy atom. The minimum atomic E-state index is -0.982. The van der Waals surface area contributed by atoms with Gasteiger partial charge < -0.3 is 10.2 Å². The molecule has 1 aromatic rings. The smallest absolute Gasteiger partial charge is 0.303 e. The number of fused-ring (bicyclic) bond motifs is 1. The highest BCUT2D eigenvalue weighted by atomic mass is 16.4. The van der Waals surface area contributed by atoms with E-state index in [0.29, 0.717) is 6.42 Å². The SMILES string of the molecule is CC1(C)CCC(O)(CCC(=O)O)c2ccccc21.